The summed E-state index contributed by atoms with van der Waals surface area (Å²) in [5, 5.41) is 10.6. The number of carbonyl (C=O) groups excluding carboxylic acids is 1. The van der Waals surface area contributed by atoms with Crippen molar-refractivity contribution in [2.45, 2.75) is 32.5 Å². The second-order valence-corrected chi connectivity index (χ2v) is 9.11. The molecule has 3 heterocycles. The van der Waals surface area contributed by atoms with E-state index in [9.17, 15) is 22.4 Å². The van der Waals surface area contributed by atoms with E-state index in [0.29, 0.717) is 22.3 Å². The van der Waals surface area contributed by atoms with Crippen LogP contribution in [0.25, 0.3) is 16.9 Å². The molecule has 5 aromatic rings. The number of rotatable bonds is 6. The van der Waals surface area contributed by atoms with Crippen LogP contribution in [-0.2, 0) is 12.7 Å². The smallest absolute Gasteiger partial charge is 0.318 e. The van der Waals surface area contributed by atoms with Gasteiger partial charge in [0.1, 0.15) is 5.82 Å². The van der Waals surface area contributed by atoms with E-state index in [1.807, 2.05) is 26.0 Å². The molecule has 0 bridgehead atoms. The summed E-state index contributed by atoms with van der Waals surface area (Å²) in [5.74, 6) is -0.794. The maximum atomic E-state index is 13.9. The normalized spacial score (nSPS) is 11.9. The van der Waals surface area contributed by atoms with Crippen LogP contribution in [0.4, 0.5) is 23.2 Å². The molecule has 0 saturated heterocycles. The van der Waals surface area contributed by atoms with Gasteiger partial charge in [-0.15, -0.1) is 0 Å². The van der Waals surface area contributed by atoms with Gasteiger partial charge in [0, 0.05) is 17.8 Å². The highest BCUT2D eigenvalue weighted by atomic mass is 19.4. The summed E-state index contributed by atoms with van der Waals surface area (Å²) < 4.78 is 57.0. The number of alkyl halides is 3. The van der Waals surface area contributed by atoms with Gasteiger partial charge in [-0.2, -0.15) is 23.4 Å². The molecule has 0 radical (unpaired) electrons. The molecule has 1 N–H and O–H groups in total. The van der Waals surface area contributed by atoms with Crippen LogP contribution in [0.15, 0.2) is 73.1 Å². The van der Waals surface area contributed by atoms with E-state index < -0.39 is 17.8 Å². The molecule has 0 fully saturated rings. The molecule has 194 valence electrons. The third kappa shape index (κ3) is 5.26. The van der Waals surface area contributed by atoms with Crippen molar-refractivity contribution >= 4 is 17.2 Å². The molecule has 0 saturated carbocycles. The predicted molar refractivity (Wildman–Crippen MR) is 133 cm³/mol. The van der Waals surface area contributed by atoms with E-state index in [4.69, 9.17) is 0 Å². The van der Waals surface area contributed by atoms with Gasteiger partial charge in [0.2, 0.25) is 0 Å². The highest BCUT2D eigenvalue weighted by molar-refractivity contribution is 6.03. The van der Waals surface area contributed by atoms with Gasteiger partial charge in [-0.25, -0.2) is 13.9 Å². The third-order valence-corrected chi connectivity index (χ3v) is 5.97. The Morgan fingerprint density at radius 3 is 2.39 bits per heavy atom. The van der Waals surface area contributed by atoms with Crippen LogP contribution in [0.5, 0.6) is 0 Å². The van der Waals surface area contributed by atoms with Crippen molar-refractivity contribution in [3.8, 4) is 11.3 Å². The Kier molecular flexibility index (Phi) is 6.43. The highest BCUT2D eigenvalue weighted by Gasteiger charge is 2.35. The van der Waals surface area contributed by atoms with Crippen molar-refractivity contribution in [1.82, 2.24) is 24.4 Å². The van der Waals surface area contributed by atoms with Crippen molar-refractivity contribution in [2.75, 3.05) is 5.32 Å². The van der Waals surface area contributed by atoms with Gasteiger partial charge in [0.25, 0.3) is 5.91 Å². The van der Waals surface area contributed by atoms with Crippen LogP contribution in [0.3, 0.4) is 0 Å². The fourth-order valence-electron chi connectivity index (χ4n) is 3.96. The van der Waals surface area contributed by atoms with Gasteiger partial charge in [-0.05, 0) is 35.2 Å². The quantitative estimate of drug-likeness (QED) is 0.271. The molecular weight excluding hydrogens is 500 g/mol. The first-order valence-corrected chi connectivity index (χ1v) is 11.7. The number of halogens is 4. The van der Waals surface area contributed by atoms with Gasteiger partial charge in [0.15, 0.2) is 17.0 Å². The molecule has 5 rings (SSSR count). The molecule has 11 heteroatoms. The second kappa shape index (κ2) is 9.73. The fourth-order valence-corrected chi connectivity index (χ4v) is 3.96. The number of hydrogen-bond acceptors (Lipinski definition) is 4. The number of fused-ring (bicyclic) bond motifs is 1. The minimum Gasteiger partial charge on any atom is -0.318 e. The van der Waals surface area contributed by atoms with Crippen LogP contribution in [0, 0.1) is 5.82 Å². The Labute approximate surface area is 214 Å². The number of aromatic nitrogens is 5. The summed E-state index contributed by atoms with van der Waals surface area (Å²) in [6.45, 7) is 4.39. The number of hydrogen-bond donors (Lipinski definition) is 1. The number of benzene rings is 2. The summed E-state index contributed by atoms with van der Waals surface area (Å²) >= 11 is 0. The lowest BCUT2D eigenvalue weighted by atomic mass is 10.0. The Hall–Kier alpha value is -4.54. The zero-order chi connectivity index (χ0) is 27.0. The number of nitrogens with zero attached hydrogens (tertiary/aromatic N) is 5. The minimum absolute atomic E-state index is 0.111. The molecule has 7 nitrogen and oxygen atoms in total. The third-order valence-electron chi connectivity index (χ3n) is 5.97. The van der Waals surface area contributed by atoms with Crippen LogP contribution in [-0.4, -0.2) is 30.3 Å². The van der Waals surface area contributed by atoms with Gasteiger partial charge >= 0.3 is 6.18 Å². The molecule has 0 aliphatic heterocycles. The molecule has 0 aliphatic carbocycles. The topological polar surface area (TPSA) is 77.1 Å². The van der Waals surface area contributed by atoms with Crippen LogP contribution < -0.4 is 5.32 Å². The summed E-state index contributed by atoms with van der Waals surface area (Å²) in [7, 11) is 0. The molecule has 2 aromatic carbocycles. The van der Waals surface area contributed by atoms with E-state index in [2.05, 4.69) is 20.5 Å². The zero-order valence-electron chi connectivity index (χ0n) is 20.4. The van der Waals surface area contributed by atoms with Crippen molar-refractivity contribution in [3.63, 3.8) is 0 Å². The van der Waals surface area contributed by atoms with Crippen LogP contribution >= 0.6 is 0 Å². The van der Waals surface area contributed by atoms with Gasteiger partial charge in [-0.3, -0.25) is 9.48 Å². The number of carbonyl (C=O) groups is 1. The Morgan fingerprint density at radius 1 is 1.03 bits per heavy atom. The zero-order valence-corrected chi connectivity index (χ0v) is 20.4. The van der Waals surface area contributed by atoms with E-state index in [1.54, 1.807) is 30.5 Å². The summed E-state index contributed by atoms with van der Waals surface area (Å²) in [4.78, 5) is 17.2. The summed E-state index contributed by atoms with van der Waals surface area (Å²) in [5.41, 5.74) is 1.42. The monoisotopic (exact) mass is 522 g/mol. The van der Waals surface area contributed by atoms with Crippen molar-refractivity contribution in [3.05, 3.63) is 101 Å². The van der Waals surface area contributed by atoms with Crippen LogP contribution in [0.1, 0.15) is 47.1 Å². The lowest BCUT2D eigenvalue weighted by Crippen LogP contribution is -2.15. The largest absolute Gasteiger partial charge is 0.433 e. The maximum Gasteiger partial charge on any atom is 0.433 e. The van der Waals surface area contributed by atoms with Crippen molar-refractivity contribution in [2.24, 2.45) is 0 Å². The molecule has 1 amide bonds. The molecule has 0 unspecified atom stereocenters. The second-order valence-electron chi connectivity index (χ2n) is 9.11. The standard InChI is InChI=1S/C27H22F4N6O/c1-16(2)18-5-7-19(8-6-18)22-11-24(27(29,30)31)37-25(34-22)12-23(35-37)26(38)33-21-13-32-36(15-21)14-17-3-9-20(28)10-4-17/h3-13,15-16H,14H2,1-2H3,(H,33,38). The average Bonchev–Trinajstić information content (AvgIpc) is 3.51. The fraction of sp³-hybridized carbons (Fsp3) is 0.185. The first-order valence-electron chi connectivity index (χ1n) is 11.7. The molecular formula is C27H22F4N6O. The van der Waals surface area contributed by atoms with E-state index >= 15 is 0 Å². The number of amides is 1. The van der Waals surface area contributed by atoms with Crippen LogP contribution in [0.2, 0.25) is 0 Å². The van der Waals surface area contributed by atoms with E-state index in [-0.39, 0.29) is 28.8 Å². The molecule has 3 aromatic heterocycles. The number of anilines is 1. The summed E-state index contributed by atoms with van der Waals surface area (Å²) in [6, 6.07) is 15.2. The summed E-state index contributed by atoms with van der Waals surface area (Å²) in [6.07, 6.45) is -1.78. The van der Waals surface area contributed by atoms with Gasteiger partial charge in [0.05, 0.1) is 24.1 Å². The Morgan fingerprint density at radius 2 is 1.74 bits per heavy atom. The number of nitrogens with one attached hydrogen (secondary N) is 1. The van der Waals surface area contributed by atoms with E-state index in [1.165, 1.54) is 29.1 Å². The highest BCUT2D eigenvalue weighted by Crippen LogP contribution is 2.32. The van der Waals surface area contributed by atoms with Crippen molar-refractivity contribution < 1.29 is 22.4 Å². The first-order chi connectivity index (χ1) is 18.1. The minimum atomic E-state index is -4.73. The molecule has 0 aliphatic rings. The van der Waals surface area contributed by atoms with E-state index in [0.717, 1.165) is 17.2 Å². The van der Waals surface area contributed by atoms with Gasteiger partial charge in [-0.1, -0.05) is 50.2 Å². The molecule has 0 spiro atoms. The Bertz CT molecular complexity index is 1600. The van der Waals surface area contributed by atoms with Gasteiger partial charge < -0.3 is 5.32 Å². The molecule has 0 atom stereocenters. The SMILES string of the molecule is CC(C)c1ccc(-c2cc(C(F)(F)F)n3nc(C(=O)Nc4cnn(Cc5ccc(F)cc5)c4)cc3n2)cc1. The Balaban J connectivity index is 1.41. The first kappa shape index (κ1) is 25.1. The predicted octanol–water partition coefficient (Wildman–Crippen LogP) is 6.17. The average molecular weight is 523 g/mol. The maximum absolute atomic E-state index is 13.9. The molecule has 38 heavy (non-hydrogen) atoms. The van der Waals surface area contributed by atoms with Crippen molar-refractivity contribution in [1.29, 1.82) is 0 Å². The lowest BCUT2D eigenvalue weighted by Gasteiger charge is -2.11. The lowest BCUT2D eigenvalue weighted by molar-refractivity contribution is -0.142.